The van der Waals surface area contributed by atoms with Crippen LogP contribution in [0.5, 0.6) is 0 Å². The van der Waals surface area contributed by atoms with Gasteiger partial charge in [0.05, 0.1) is 10.8 Å². The van der Waals surface area contributed by atoms with Crippen LogP contribution in [0, 0.1) is 5.41 Å². The largest absolute Gasteiger partial charge is 0.394 e. The van der Waals surface area contributed by atoms with E-state index in [-0.39, 0.29) is 18.4 Å². The van der Waals surface area contributed by atoms with Crippen molar-refractivity contribution in [2.75, 3.05) is 11.9 Å². The minimum Gasteiger partial charge on any atom is -0.325 e. The quantitative estimate of drug-likeness (QED) is 0.842. The van der Waals surface area contributed by atoms with E-state index >= 15 is 0 Å². The summed E-state index contributed by atoms with van der Waals surface area (Å²) in [5.74, 6) is 0.0605. The second-order valence-corrected chi connectivity index (χ2v) is 7.94. The molecule has 1 aromatic carbocycles. The topological polar surface area (TPSA) is 41.1 Å². The number of carbonyl (C=O) groups is 1. The average molecular weight is 354 g/mol. The lowest BCUT2D eigenvalue weighted by molar-refractivity contribution is -0.213. The summed E-state index contributed by atoms with van der Waals surface area (Å²) in [4.78, 5) is 12.5. The third-order valence-electron chi connectivity index (χ3n) is 5.92. The smallest absolute Gasteiger partial charge is 0.325 e. The van der Waals surface area contributed by atoms with Crippen LogP contribution in [0.4, 0.5) is 18.9 Å². The molecule has 138 valence electrons. The maximum atomic E-state index is 12.9. The van der Waals surface area contributed by atoms with Crippen molar-refractivity contribution in [2.45, 2.75) is 63.6 Å². The number of rotatable bonds is 4. The summed E-state index contributed by atoms with van der Waals surface area (Å²) >= 11 is 0. The summed E-state index contributed by atoms with van der Waals surface area (Å²) in [6, 6.07) is 7.96. The van der Waals surface area contributed by atoms with Crippen molar-refractivity contribution in [3.8, 4) is 0 Å². The Bertz CT molecular complexity index is 646. The summed E-state index contributed by atoms with van der Waals surface area (Å²) in [7, 11) is 0. The highest BCUT2D eigenvalue weighted by atomic mass is 19.4. The minimum absolute atomic E-state index is 0.0570. The van der Waals surface area contributed by atoms with Crippen molar-refractivity contribution in [2.24, 2.45) is 5.41 Å². The first-order valence-corrected chi connectivity index (χ1v) is 8.87. The molecule has 0 bridgehead atoms. The fourth-order valence-corrected chi connectivity index (χ4v) is 3.92. The molecule has 3 rings (SSSR count). The number of carbonyl (C=O) groups excluding carboxylic acids is 1. The van der Waals surface area contributed by atoms with Gasteiger partial charge in [0.2, 0.25) is 5.91 Å². The third kappa shape index (κ3) is 3.28. The summed E-state index contributed by atoms with van der Waals surface area (Å²) in [5.41, 5.74) is -0.178. The summed E-state index contributed by atoms with van der Waals surface area (Å²) in [6.45, 7) is 2.82. The summed E-state index contributed by atoms with van der Waals surface area (Å²) < 4.78 is 38.7. The van der Waals surface area contributed by atoms with Gasteiger partial charge in [0.1, 0.15) is 0 Å². The van der Waals surface area contributed by atoms with Crippen LogP contribution >= 0.6 is 0 Å². The van der Waals surface area contributed by atoms with Crippen LogP contribution < -0.4 is 10.6 Å². The van der Waals surface area contributed by atoms with E-state index in [0.29, 0.717) is 6.54 Å². The van der Waals surface area contributed by atoms with Crippen LogP contribution in [0.15, 0.2) is 24.3 Å². The number of fused-ring (bicyclic) bond motifs is 2. The molecule has 1 fully saturated rings. The van der Waals surface area contributed by atoms with Crippen molar-refractivity contribution in [3.63, 3.8) is 0 Å². The van der Waals surface area contributed by atoms with Gasteiger partial charge in [0.15, 0.2) is 0 Å². The standard InChI is InChI=1S/C19H25F3N2O/c1-17(2,19(20,21)22)11-12-23-13-7-9-18(10-8-13)14-5-3-4-6-15(14)24-16(18)25/h3-6,13,23H,7-12H2,1-2H3,(H,24,25). The van der Waals surface area contributed by atoms with Crippen LogP contribution in [0.3, 0.4) is 0 Å². The fraction of sp³-hybridized carbons (Fsp3) is 0.632. The average Bonchev–Trinajstić information content (AvgIpc) is 2.81. The number of hydrogen-bond acceptors (Lipinski definition) is 2. The van der Waals surface area contributed by atoms with Gasteiger partial charge >= 0.3 is 6.18 Å². The second-order valence-electron chi connectivity index (χ2n) is 7.94. The number of nitrogens with one attached hydrogen (secondary N) is 2. The number of amides is 1. The third-order valence-corrected chi connectivity index (χ3v) is 5.92. The molecule has 6 heteroatoms. The Morgan fingerprint density at radius 1 is 1.20 bits per heavy atom. The molecule has 1 saturated carbocycles. The predicted octanol–water partition coefficient (Wildman–Crippen LogP) is 4.39. The maximum absolute atomic E-state index is 12.9. The van der Waals surface area contributed by atoms with Gasteiger partial charge in [-0.1, -0.05) is 32.0 Å². The molecule has 2 aliphatic rings. The minimum atomic E-state index is -4.18. The molecule has 0 aromatic heterocycles. The Morgan fingerprint density at radius 2 is 1.84 bits per heavy atom. The van der Waals surface area contributed by atoms with Gasteiger partial charge in [-0.2, -0.15) is 13.2 Å². The van der Waals surface area contributed by atoms with Crippen molar-refractivity contribution in [1.82, 2.24) is 5.32 Å². The highest BCUT2D eigenvalue weighted by Gasteiger charge is 2.49. The Kier molecular flexibility index (Phi) is 4.60. The number of para-hydroxylation sites is 1. The second kappa shape index (κ2) is 6.31. The molecular formula is C19H25F3N2O. The van der Waals surface area contributed by atoms with Gasteiger partial charge in [0, 0.05) is 11.7 Å². The predicted molar refractivity (Wildman–Crippen MR) is 91.5 cm³/mol. The van der Waals surface area contributed by atoms with Crippen LogP contribution in [-0.2, 0) is 10.2 Å². The number of benzene rings is 1. The van der Waals surface area contributed by atoms with E-state index < -0.39 is 17.0 Å². The maximum Gasteiger partial charge on any atom is 0.394 e. The van der Waals surface area contributed by atoms with Crippen LogP contribution in [0.2, 0.25) is 0 Å². The molecule has 2 N–H and O–H groups in total. The molecule has 1 spiro atoms. The molecule has 1 heterocycles. The van der Waals surface area contributed by atoms with Gasteiger partial charge in [-0.05, 0) is 50.3 Å². The van der Waals surface area contributed by atoms with Gasteiger partial charge < -0.3 is 10.6 Å². The molecule has 1 amide bonds. The molecule has 25 heavy (non-hydrogen) atoms. The molecular weight excluding hydrogens is 329 g/mol. The fourth-order valence-electron chi connectivity index (χ4n) is 3.92. The zero-order chi connectivity index (χ0) is 18.3. The normalized spacial score (nSPS) is 26.6. The van der Waals surface area contributed by atoms with E-state index in [4.69, 9.17) is 0 Å². The number of hydrogen-bond donors (Lipinski definition) is 2. The van der Waals surface area contributed by atoms with E-state index in [0.717, 1.165) is 36.9 Å². The van der Waals surface area contributed by atoms with Crippen LogP contribution in [0.1, 0.15) is 51.5 Å². The van der Waals surface area contributed by atoms with Crippen LogP contribution in [0.25, 0.3) is 0 Å². The molecule has 3 nitrogen and oxygen atoms in total. The number of alkyl halides is 3. The van der Waals surface area contributed by atoms with Crippen molar-refractivity contribution in [3.05, 3.63) is 29.8 Å². The summed E-state index contributed by atoms with van der Waals surface area (Å²) in [6.07, 6.45) is -1.06. The molecule has 1 aromatic rings. The lowest BCUT2D eigenvalue weighted by atomic mass is 9.69. The van der Waals surface area contributed by atoms with E-state index in [2.05, 4.69) is 10.6 Å². The zero-order valence-corrected chi connectivity index (χ0v) is 14.7. The molecule has 1 aliphatic carbocycles. The number of halogens is 3. The van der Waals surface area contributed by atoms with E-state index in [9.17, 15) is 18.0 Å². The van der Waals surface area contributed by atoms with E-state index in [1.54, 1.807) is 0 Å². The Labute approximate surface area is 146 Å². The first-order chi connectivity index (χ1) is 11.7. The Balaban J connectivity index is 1.56. The highest BCUT2D eigenvalue weighted by molar-refractivity contribution is 6.06. The van der Waals surface area contributed by atoms with E-state index in [1.165, 1.54) is 13.8 Å². The Hall–Kier alpha value is -1.56. The monoisotopic (exact) mass is 354 g/mol. The first-order valence-electron chi connectivity index (χ1n) is 8.87. The number of anilines is 1. The lowest BCUT2D eigenvalue weighted by Crippen LogP contribution is -2.44. The highest BCUT2D eigenvalue weighted by Crippen LogP contribution is 2.47. The zero-order valence-electron chi connectivity index (χ0n) is 14.7. The molecule has 0 saturated heterocycles. The molecule has 0 atom stereocenters. The van der Waals surface area contributed by atoms with Gasteiger partial charge in [-0.3, -0.25) is 4.79 Å². The van der Waals surface area contributed by atoms with Crippen molar-refractivity contribution < 1.29 is 18.0 Å². The molecule has 0 unspecified atom stereocenters. The first kappa shape index (κ1) is 18.2. The molecule has 1 aliphatic heterocycles. The van der Waals surface area contributed by atoms with Gasteiger partial charge in [0.25, 0.3) is 0 Å². The van der Waals surface area contributed by atoms with Gasteiger partial charge in [-0.15, -0.1) is 0 Å². The van der Waals surface area contributed by atoms with Crippen molar-refractivity contribution >= 4 is 11.6 Å². The van der Waals surface area contributed by atoms with E-state index in [1.807, 2.05) is 24.3 Å². The van der Waals surface area contributed by atoms with Crippen molar-refractivity contribution in [1.29, 1.82) is 0 Å². The molecule has 0 radical (unpaired) electrons. The van der Waals surface area contributed by atoms with Crippen LogP contribution in [-0.4, -0.2) is 24.7 Å². The lowest BCUT2D eigenvalue weighted by Gasteiger charge is -2.36. The SMILES string of the molecule is CC(C)(CCNC1CCC2(CC1)C(=O)Nc1ccccc12)C(F)(F)F. The Morgan fingerprint density at radius 3 is 2.48 bits per heavy atom. The van der Waals surface area contributed by atoms with Gasteiger partial charge in [-0.25, -0.2) is 0 Å². The summed E-state index contributed by atoms with van der Waals surface area (Å²) in [5, 5.41) is 6.23.